The van der Waals surface area contributed by atoms with Gasteiger partial charge in [0, 0.05) is 43.5 Å². The summed E-state index contributed by atoms with van der Waals surface area (Å²) < 4.78 is 38.2. The molecule has 5 rings (SSSR count). The fraction of sp³-hybridized carbons (Fsp3) is 0.483. The van der Waals surface area contributed by atoms with E-state index in [2.05, 4.69) is 15.3 Å². The summed E-state index contributed by atoms with van der Waals surface area (Å²) in [4.78, 5) is 23.5. The second-order valence-electron chi connectivity index (χ2n) is 11.2. The lowest BCUT2D eigenvalue weighted by Crippen LogP contribution is -2.50. The van der Waals surface area contributed by atoms with Gasteiger partial charge in [0.15, 0.2) is 17.3 Å². The molecular weight excluding hydrogens is 574 g/mol. The molecule has 0 saturated carbocycles. The van der Waals surface area contributed by atoms with Gasteiger partial charge < -0.3 is 29.2 Å². The summed E-state index contributed by atoms with van der Waals surface area (Å²) in [6.07, 6.45) is 4.07. The van der Waals surface area contributed by atoms with Crippen molar-refractivity contribution in [1.82, 2.24) is 14.9 Å². The van der Waals surface area contributed by atoms with Crippen LogP contribution < -0.4 is 14.8 Å². The average molecular weight is 608 g/mol. The molecule has 2 fully saturated rings. The van der Waals surface area contributed by atoms with Crippen LogP contribution in [0, 0.1) is 5.82 Å². The third-order valence-corrected chi connectivity index (χ3v) is 7.90. The van der Waals surface area contributed by atoms with Crippen molar-refractivity contribution >= 4 is 51.7 Å². The van der Waals surface area contributed by atoms with Gasteiger partial charge in [-0.1, -0.05) is 23.2 Å². The molecule has 2 aromatic carbocycles. The summed E-state index contributed by atoms with van der Waals surface area (Å²) >= 11 is 12.0. The molecule has 2 aliphatic heterocycles. The number of benzene rings is 2. The van der Waals surface area contributed by atoms with Gasteiger partial charge in [0.2, 0.25) is 0 Å². The molecule has 41 heavy (non-hydrogen) atoms. The number of methoxy groups -OCH3 is 1. The zero-order valence-electron chi connectivity index (χ0n) is 23.4. The normalized spacial score (nSPS) is 20.3. The van der Waals surface area contributed by atoms with Gasteiger partial charge in [0.1, 0.15) is 30.5 Å². The lowest BCUT2D eigenvalue weighted by atomic mass is 10.00. The summed E-state index contributed by atoms with van der Waals surface area (Å²) in [5, 5.41) is 3.53. The Labute approximate surface area is 248 Å². The van der Waals surface area contributed by atoms with Gasteiger partial charge in [0.25, 0.3) is 0 Å². The Bertz CT molecular complexity index is 1420. The minimum atomic E-state index is -0.686. The number of carbonyl (C=O) groups is 1. The highest BCUT2D eigenvalue weighted by Crippen LogP contribution is 2.42. The summed E-state index contributed by atoms with van der Waals surface area (Å²) in [6, 6.07) is 6.62. The quantitative estimate of drug-likeness (QED) is 0.213. The summed E-state index contributed by atoms with van der Waals surface area (Å²) in [5.41, 5.74) is 0.133. The molecule has 220 valence electrons. The first kappa shape index (κ1) is 29.4. The standard InChI is InChI=1S/C29H33Cl2FN4O5/c1-29(2,3)41-28(37)36-16-5-6-17(36)12-18(11-16)40-24-13-19-22(14-23(24)39-10-9-38-4)33-15-34-27(19)35-21-8-7-20(30)25(31)26(21)32/h7-8,13-18H,5-6,9-12H2,1-4H3,(H,33,34,35)/t16-,17+,18?. The molecule has 3 atom stereocenters. The van der Waals surface area contributed by atoms with Crippen LogP contribution in [-0.4, -0.2) is 65.1 Å². The van der Waals surface area contributed by atoms with Gasteiger partial charge in [-0.25, -0.2) is 19.2 Å². The number of amides is 1. The van der Waals surface area contributed by atoms with E-state index in [4.69, 9.17) is 42.1 Å². The monoisotopic (exact) mass is 606 g/mol. The molecule has 0 radical (unpaired) electrons. The molecule has 2 saturated heterocycles. The number of anilines is 2. The maximum Gasteiger partial charge on any atom is 0.410 e. The topological polar surface area (TPSA) is 95.0 Å². The second kappa shape index (κ2) is 12.0. The summed E-state index contributed by atoms with van der Waals surface area (Å²) in [5.74, 6) is 0.674. The van der Waals surface area contributed by atoms with Crippen molar-refractivity contribution in [1.29, 1.82) is 0 Å². The van der Waals surface area contributed by atoms with Crippen molar-refractivity contribution < 1.29 is 28.1 Å². The smallest absolute Gasteiger partial charge is 0.410 e. The van der Waals surface area contributed by atoms with Crippen molar-refractivity contribution in [2.75, 3.05) is 25.6 Å². The number of carbonyl (C=O) groups excluding carboxylic acids is 1. The van der Waals surface area contributed by atoms with Crippen LogP contribution in [0.25, 0.3) is 10.9 Å². The highest BCUT2D eigenvalue weighted by atomic mass is 35.5. The number of hydrogen-bond donors (Lipinski definition) is 1. The molecule has 0 aliphatic carbocycles. The van der Waals surface area contributed by atoms with Crippen LogP contribution in [0.5, 0.6) is 11.5 Å². The molecule has 12 heteroatoms. The van der Waals surface area contributed by atoms with Crippen molar-refractivity contribution in [2.45, 2.75) is 70.2 Å². The number of aromatic nitrogens is 2. The number of ether oxygens (including phenoxy) is 4. The first-order chi connectivity index (χ1) is 19.5. The van der Waals surface area contributed by atoms with Gasteiger partial charge in [-0.2, -0.15) is 0 Å². The van der Waals surface area contributed by atoms with E-state index in [1.54, 1.807) is 19.2 Å². The van der Waals surface area contributed by atoms with Crippen molar-refractivity contribution in [3.8, 4) is 11.5 Å². The highest BCUT2D eigenvalue weighted by molar-refractivity contribution is 6.42. The molecule has 2 aliphatic rings. The Morgan fingerprint density at radius 1 is 1.10 bits per heavy atom. The zero-order chi connectivity index (χ0) is 29.3. The Balaban J connectivity index is 1.43. The molecule has 1 amide bonds. The number of nitrogens with zero attached hydrogens (tertiary/aromatic N) is 3. The first-order valence-electron chi connectivity index (χ1n) is 13.5. The van der Waals surface area contributed by atoms with E-state index in [1.807, 2.05) is 25.7 Å². The number of piperidine rings is 1. The molecule has 3 heterocycles. The van der Waals surface area contributed by atoms with E-state index in [0.717, 1.165) is 12.8 Å². The van der Waals surface area contributed by atoms with E-state index >= 15 is 0 Å². The fourth-order valence-electron chi connectivity index (χ4n) is 5.37. The van der Waals surface area contributed by atoms with Crippen molar-refractivity contribution in [2.24, 2.45) is 0 Å². The van der Waals surface area contributed by atoms with Crippen LogP contribution in [0.1, 0.15) is 46.5 Å². The lowest BCUT2D eigenvalue weighted by Gasteiger charge is -2.39. The number of nitrogens with one attached hydrogen (secondary N) is 1. The van der Waals surface area contributed by atoms with Crippen molar-refractivity contribution in [3.63, 3.8) is 0 Å². The number of rotatable bonds is 8. The molecule has 0 spiro atoms. The van der Waals surface area contributed by atoms with Gasteiger partial charge in [0.05, 0.1) is 27.9 Å². The number of halogens is 3. The Morgan fingerprint density at radius 2 is 1.83 bits per heavy atom. The minimum absolute atomic E-state index is 0.0325. The molecule has 1 unspecified atom stereocenters. The second-order valence-corrected chi connectivity index (χ2v) is 12.0. The predicted molar refractivity (Wildman–Crippen MR) is 155 cm³/mol. The fourth-order valence-corrected chi connectivity index (χ4v) is 5.68. The van der Waals surface area contributed by atoms with Crippen molar-refractivity contribution in [3.05, 3.63) is 46.5 Å². The predicted octanol–water partition coefficient (Wildman–Crippen LogP) is 7.15. The highest BCUT2D eigenvalue weighted by Gasteiger charge is 2.45. The van der Waals surface area contributed by atoms with Gasteiger partial charge >= 0.3 is 6.09 Å². The third kappa shape index (κ3) is 6.55. The summed E-state index contributed by atoms with van der Waals surface area (Å²) in [6.45, 7) is 6.32. The van der Waals surface area contributed by atoms with Gasteiger partial charge in [-0.05, 0) is 51.8 Å². The van der Waals surface area contributed by atoms with Crippen LogP contribution in [0.4, 0.5) is 20.7 Å². The Morgan fingerprint density at radius 3 is 2.51 bits per heavy atom. The first-order valence-corrected chi connectivity index (χ1v) is 14.3. The van der Waals surface area contributed by atoms with Gasteiger partial charge in [-0.15, -0.1) is 0 Å². The third-order valence-electron chi connectivity index (χ3n) is 7.12. The van der Waals surface area contributed by atoms with E-state index in [9.17, 15) is 9.18 Å². The van der Waals surface area contributed by atoms with Crippen LogP contribution >= 0.6 is 23.2 Å². The van der Waals surface area contributed by atoms with E-state index in [1.165, 1.54) is 18.5 Å². The molecular formula is C29H33Cl2FN4O5. The molecule has 2 bridgehead atoms. The Hall–Kier alpha value is -3.08. The Kier molecular flexibility index (Phi) is 8.63. The maximum absolute atomic E-state index is 14.8. The number of hydrogen-bond acceptors (Lipinski definition) is 8. The lowest BCUT2D eigenvalue weighted by molar-refractivity contribution is -0.00747. The maximum atomic E-state index is 14.8. The molecule has 1 N–H and O–H groups in total. The van der Waals surface area contributed by atoms with Crippen LogP contribution in [0.3, 0.4) is 0 Å². The van der Waals surface area contributed by atoms with E-state index in [0.29, 0.717) is 54.3 Å². The van der Waals surface area contributed by atoms with Crippen LogP contribution in [-0.2, 0) is 9.47 Å². The molecule has 3 aromatic rings. The van der Waals surface area contributed by atoms with Crippen LogP contribution in [0.2, 0.25) is 10.0 Å². The number of fused-ring (bicyclic) bond motifs is 3. The minimum Gasteiger partial charge on any atom is -0.487 e. The average Bonchev–Trinajstić information content (AvgIpc) is 3.19. The van der Waals surface area contributed by atoms with E-state index in [-0.39, 0.29) is 40.0 Å². The molecule has 9 nitrogen and oxygen atoms in total. The SMILES string of the molecule is COCCOc1cc2ncnc(Nc3ccc(Cl)c(Cl)c3F)c2cc1OC1C[C@H]2CC[C@@H](C1)N2C(=O)OC(C)(C)C. The zero-order valence-corrected chi connectivity index (χ0v) is 24.9. The van der Waals surface area contributed by atoms with E-state index < -0.39 is 11.4 Å². The van der Waals surface area contributed by atoms with Gasteiger partial charge in [-0.3, -0.25) is 0 Å². The molecule has 1 aromatic heterocycles. The summed E-state index contributed by atoms with van der Waals surface area (Å²) in [7, 11) is 1.60. The largest absolute Gasteiger partial charge is 0.487 e. The van der Waals surface area contributed by atoms with Crippen LogP contribution in [0.15, 0.2) is 30.6 Å².